The molecule has 1 heterocycles. The van der Waals surface area contributed by atoms with Gasteiger partial charge in [-0.25, -0.2) is 9.37 Å². The highest BCUT2D eigenvalue weighted by Crippen LogP contribution is 2.48. The van der Waals surface area contributed by atoms with E-state index in [2.05, 4.69) is 10.3 Å². The summed E-state index contributed by atoms with van der Waals surface area (Å²) in [6.45, 7) is 0. The van der Waals surface area contributed by atoms with Crippen LogP contribution in [0.4, 0.5) is 9.52 Å². The van der Waals surface area contributed by atoms with Crippen molar-refractivity contribution in [2.45, 2.75) is 6.42 Å². The average Bonchev–Trinajstić information content (AvgIpc) is 3.18. The first kappa shape index (κ1) is 14.3. The minimum atomic E-state index is -0.937. The summed E-state index contributed by atoms with van der Waals surface area (Å²) in [4.78, 5) is 28.3. The summed E-state index contributed by atoms with van der Waals surface area (Å²) >= 11 is 1.18. The van der Waals surface area contributed by atoms with Crippen LogP contribution in [0, 0.1) is 29.5 Å². The lowest BCUT2D eigenvalue weighted by atomic mass is 9.82. The van der Waals surface area contributed by atoms with Gasteiger partial charge in [-0.3, -0.25) is 9.59 Å². The smallest absolute Gasteiger partial charge is 0.307 e. The molecule has 2 aliphatic carbocycles. The van der Waals surface area contributed by atoms with Crippen molar-refractivity contribution >= 4 is 38.6 Å². The van der Waals surface area contributed by atoms with Gasteiger partial charge < -0.3 is 10.4 Å². The number of fused-ring (bicyclic) bond motifs is 3. The Balaban J connectivity index is 1.59. The molecule has 5 nitrogen and oxygen atoms in total. The largest absolute Gasteiger partial charge is 0.481 e. The van der Waals surface area contributed by atoms with Gasteiger partial charge in [-0.05, 0) is 36.5 Å². The molecule has 0 radical (unpaired) electrons. The molecule has 1 aromatic carbocycles. The Kier molecular flexibility index (Phi) is 3.19. The second-order valence-corrected chi connectivity index (χ2v) is 6.99. The van der Waals surface area contributed by atoms with E-state index in [0.717, 1.165) is 0 Å². The van der Waals surface area contributed by atoms with Crippen molar-refractivity contribution < 1.29 is 19.1 Å². The van der Waals surface area contributed by atoms with E-state index in [1.807, 2.05) is 12.2 Å². The maximum Gasteiger partial charge on any atom is 0.307 e. The Labute approximate surface area is 134 Å². The van der Waals surface area contributed by atoms with E-state index in [4.69, 9.17) is 0 Å². The van der Waals surface area contributed by atoms with E-state index in [-0.39, 0.29) is 23.6 Å². The number of carboxylic acid groups (broad SMARTS) is 1. The van der Waals surface area contributed by atoms with Crippen LogP contribution in [-0.4, -0.2) is 22.0 Å². The average molecular weight is 332 g/mol. The molecule has 7 heteroatoms. The number of carbonyl (C=O) groups is 2. The minimum absolute atomic E-state index is 0.0343. The number of benzene rings is 1. The molecule has 1 aromatic heterocycles. The fraction of sp³-hybridized carbons (Fsp3) is 0.312. The molecule has 4 atom stereocenters. The predicted octanol–water partition coefficient (Wildman–Crippen LogP) is 2.90. The van der Waals surface area contributed by atoms with E-state index >= 15 is 0 Å². The molecule has 2 aromatic rings. The fourth-order valence-electron chi connectivity index (χ4n) is 3.66. The van der Waals surface area contributed by atoms with Gasteiger partial charge in [0.2, 0.25) is 5.91 Å². The second-order valence-electron chi connectivity index (χ2n) is 5.96. The highest BCUT2D eigenvalue weighted by atomic mass is 32.1. The first-order valence-corrected chi connectivity index (χ1v) is 8.12. The Morgan fingerprint density at radius 1 is 1.26 bits per heavy atom. The number of hydrogen-bond donors (Lipinski definition) is 2. The van der Waals surface area contributed by atoms with Gasteiger partial charge in [0.05, 0.1) is 22.1 Å². The number of nitrogens with zero attached hydrogens (tertiary/aromatic N) is 1. The van der Waals surface area contributed by atoms with Crippen LogP contribution in [0.3, 0.4) is 0 Å². The zero-order valence-corrected chi connectivity index (χ0v) is 12.7. The molecular formula is C16H13FN2O3S. The minimum Gasteiger partial charge on any atom is -0.481 e. The molecule has 2 N–H and O–H groups in total. The summed E-state index contributed by atoms with van der Waals surface area (Å²) < 4.78 is 13.9. The molecule has 2 aliphatic rings. The van der Waals surface area contributed by atoms with Gasteiger partial charge in [0.25, 0.3) is 0 Å². The summed E-state index contributed by atoms with van der Waals surface area (Å²) in [7, 11) is 0. The lowest BCUT2D eigenvalue weighted by molar-refractivity contribution is -0.146. The number of aliphatic carboxylic acids is 1. The zero-order chi connectivity index (χ0) is 16.1. The van der Waals surface area contributed by atoms with Gasteiger partial charge >= 0.3 is 5.97 Å². The first-order chi connectivity index (χ1) is 11.0. The van der Waals surface area contributed by atoms with Crippen molar-refractivity contribution in [3.63, 3.8) is 0 Å². The van der Waals surface area contributed by atoms with Gasteiger partial charge in [-0.15, -0.1) is 0 Å². The van der Waals surface area contributed by atoms with Gasteiger partial charge in [-0.2, -0.15) is 0 Å². The molecule has 0 aliphatic heterocycles. The standard InChI is InChI=1S/C16H13FN2O3S/c17-9-3-4-10-11(6-9)23-16(18-10)19-14(20)12-7-1-2-8(5-7)13(12)15(21)22/h1-4,6-8,12-13H,5H2,(H,21,22)(H,18,19,20)/t7?,8?,12-,13+/m1/s1. The third kappa shape index (κ3) is 2.31. The molecule has 23 heavy (non-hydrogen) atoms. The molecule has 0 saturated heterocycles. The summed E-state index contributed by atoms with van der Waals surface area (Å²) in [6.07, 6.45) is 4.54. The van der Waals surface area contributed by atoms with Crippen LogP contribution < -0.4 is 5.32 Å². The number of rotatable bonds is 3. The van der Waals surface area contributed by atoms with Gasteiger partial charge in [-0.1, -0.05) is 23.5 Å². The van der Waals surface area contributed by atoms with E-state index in [1.54, 1.807) is 6.07 Å². The van der Waals surface area contributed by atoms with Gasteiger partial charge in [0.1, 0.15) is 5.82 Å². The number of hydrogen-bond acceptors (Lipinski definition) is 4. The van der Waals surface area contributed by atoms with Crippen LogP contribution in [-0.2, 0) is 9.59 Å². The van der Waals surface area contributed by atoms with Gasteiger partial charge in [0, 0.05) is 0 Å². The summed E-state index contributed by atoms with van der Waals surface area (Å²) in [6, 6.07) is 4.23. The van der Waals surface area contributed by atoms with E-state index < -0.39 is 17.8 Å². The van der Waals surface area contributed by atoms with Crippen LogP contribution in [0.5, 0.6) is 0 Å². The van der Waals surface area contributed by atoms with Crippen molar-refractivity contribution in [3.05, 3.63) is 36.2 Å². The second kappa shape index (κ2) is 5.13. The van der Waals surface area contributed by atoms with E-state index in [9.17, 15) is 19.1 Å². The normalized spacial score (nSPS) is 28.4. The molecule has 1 saturated carbocycles. The van der Waals surface area contributed by atoms with Crippen molar-refractivity contribution in [1.82, 2.24) is 4.98 Å². The topological polar surface area (TPSA) is 79.3 Å². The number of carboxylic acids is 1. The number of aromatic nitrogens is 1. The van der Waals surface area contributed by atoms with Crippen molar-refractivity contribution in [1.29, 1.82) is 0 Å². The number of carbonyl (C=O) groups excluding carboxylic acids is 1. The van der Waals surface area contributed by atoms with Crippen molar-refractivity contribution in [2.75, 3.05) is 5.32 Å². The maximum atomic E-state index is 13.2. The number of allylic oxidation sites excluding steroid dienone is 2. The number of amides is 1. The molecule has 0 spiro atoms. The van der Waals surface area contributed by atoms with Crippen molar-refractivity contribution in [3.8, 4) is 0 Å². The number of thiazole rings is 1. The SMILES string of the molecule is O=C(Nc1nc2ccc(F)cc2s1)[C@@H]1C2C=CC(C2)[C@@H]1C(=O)O. The van der Waals surface area contributed by atoms with E-state index in [0.29, 0.717) is 21.8 Å². The lowest BCUT2D eigenvalue weighted by Gasteiger charge is -2.23. The van der Waals surface area contributed by atoms with Crippen LogP contribution in [0.2, 0.25) is 0 Å². The zero-order valence-electron chi connectivity index (χ0n) is 11.9. The van der Waals surface area contributed by atoms with Crippen LogP contribution >= 0.6 is 11.3 Å². The first-order valence-electron chi connectivity index (χ1n) is 7.31. The van der Waals surface area contributed by atoms with Crippen LogP contribution in [0.25, 0.3) is 10.2 Å². The maximum absolute atomic E-state index is 13.2. The highest BCUT2D eigenvalue weighted by molar-refractivity contribution is 7.22. The van der Waals surface area contributed by atoms with Crippen LogP contribution in [0.15, 0.2) is 30.4 Å². The van der Waals surface area contributed by atoms with Crippen LogP contribution in [0.1, 0.15) is 6.42 Å². The molecule has 1 amide bonds. The summed E-state index contributed by atoms with van der Waals surface area (Å²) in [5.74, 6) is -2.99. The third-order valence-corrected chi connectivity index (χ3v) is 5.56. The molecule has 1 fully saturated rings. The molecule has 118 valence electrons. The Morgan fingerprint density at radius 2 is 2.00 bits per heavy atom. The fourth-order valence-corrected chi connectivity index (χ4v) is 4.55. The van der Waals surface area contributed by atoms with E-state index in [1.165, 1.54) is 23.5 Å². The third-order valence-electron chi connectivity index (χ3n) is 4.63. The molecule has 4 rings (SSSR count). The molecular weight excluding hydrogens is 319 g/mol. The molecule has 2 bridgehead atoms. The number of nitrogens with one attached hydrogen (secondary N) is 1. The van der Waals surface area contributed by atoms with Gasteiger partial charge in [0.15, 0.2) is 5.13 Å². The quantitative estimate of drug-likeness (QED) is 0.847. The summed E-state index contributed by atoms with van der Waals surface area (Å²) in [5, 5.41) is 12.5. The monoisotopic (exact) mass is 332 g/mol. The van der Waals surface area contributed by atoms with Crippen molar-refractivity contribution in [2.24, 2.45) is 23.7 Å². The number of anilines is 1. The molecule has 2 unspecified atom stereocenters. The Hall–Kier alpha value is -2.28. The Morgan fingerprint density at radius 3 is 2.74 bits per heavy atom. The number of halogens is 1. The lowest BCUT2D eigenvalue weighted by Crippen LogP contribution is -2.36. The predicted molar refractivity (Wildman–Crippen MR) is 83.6 cm³/mol. The summed E-state index contributed by atoms with van der Waals surface area (Å²) in [5.41, 5.74) is 0.606. The Bertz CT molecular complexity index is 847. The highest BCUT2D eigenvalue weighted by Gasteiger charge is 2.51.